The zero-order chi connectivity index (χ0) is 9.78. The molecule has 1 atom stereocenters. The Morgan fingerprint density at radius 3 is 2.50 bits per heavy atom. The molecule has 1 unspecified atom stereocenters. The molecule has 0 saturated heterocycles. The number of aliphatic hydroxyl groups is 1. The maximum Gasteiger partial charge on any atom is 0.135 e. The average Bonchev–Trinajstić information content (AvgIpc) is 2.00. The lowest BCUT2D eigenvalue weighted by Crippen LogP contribution is -2.22. The number of rotatable bonds is 5. The summed E-state index contributed by atoms with van der Waals surface area (Å²) in [5.41, 5.74) is -0.898. The molecule has 0 heterocycles. The highest BCUT2D eigenvalue weighted by Crippen LogP contribution is 2.14. The van der Waals surface area contributed by atoms with Gasteiger partial charge in [-0.2, -0.15) is 0 Å². The molecule has 2 nitrogen and oxygen atoms in total. The van der Waals surface area contributed by atoms with E-state index in [9.17, 15) is 9.90 Å². The molecule has 0 bridgehead atoms. The molecular weight excluding hydrogens is 152 g/mol. The SMILES string of the molecule is C=CC(C)(O)CCC(=O)C(C)C. The molecule has 0 radical (unpaired) electrons. The first kappa shape index (κ1) is 11.4. The normalized spacial score (nSPS) is 15.8. The summed E-state index contributed by atoms with van der Waals surface area (Å²) in [7, 11) is 0. The van der Waals surface area contributed by atoms with E-state index in [2.05, 4.69) is 6.58 Å². The van der Waals surface area contributed by atoms with Crippen LogP contribution in [0.1, 0.15) is 33.6 Å². The van der Waals surface area contributed by atoms with Crippen molar-refractivity contribution in [2.24, 2.45) is 5.92 Å². The van der Waals surface area contributed by atoms with E-state index in [4.69, 9.17) is 0 Å². The van der Waals surface area contributed by atoms with Gasteiger partial charge in [0.2, 0.25) is 0 Å². The fourth-order valence-electron chi connectivity index (χ4n) is 0.767. The highest BCUT2D eigenvalue weighted by atomic mass is 16.3. The Hall–Kier alpha value is -0.630. The monoisotopic (exact) mass is 170 g/mol. The predicted molar refractivity (Wildman–Crippen MR) is 49.9 cm³/mol. The van der Waals surface area contributed by atoms with Gasteiger partial charge >= 0.3 is 0 Å². The van der Waals surface area contributed by atoms with Crippen molar-refractivity contribution in [3.05, 3.63) is 12.7 Å². The Morgan fingerprint density at radius 1 is 1.67 bits per heavy atom. The van der Waals surface area contributed by atoms with Gasteiger partial charge in [0.25, 0.3) is 0 Å². The number of hydrogen-bond acceptors (Lipinski definition) is 2. The Morgan fingerprint density at radius 2 is 2.17 bits per heavy atom. The van der Waals surface area contributed by atoms with E-state index in [1.807, 2.05) is 13.8 Å². The van der Waals surface area contributed by atoms with E-state index in [-0.39, 0.29) is 11.7 Å². The third-order valence-corrected chi connectivity index (χ3v) is 1.96. The van der Waals surface area contributed by atoms with E-state index in [0.717, 1.165) is 0 Å². The smallest absolute Gasteiger partial charge is 0.135 e. The predicted octanol–water partition coefficient (Wildman–Crippen LogP) is 1.93. The van der Waals surface area contributed by atoms with Gasteiger partial charge in [-0.25, -0.2) is 0 Å². The lowest BCUT2D eigenvalue weighted by atomic mass is 9.95. The van der Waals surface area contributed by atoms with Gasteiger partial charge in [0.05, 0.1) is 5.60 Å². The van der Waals surface area contributed by atoms with Gasteiger partial charge in [0.15, 0.2) is 0 Å². The minimum absolute atomic E-state index is 0.0608. The second kappa shape index (κ2) is 4.41. The molecule has 2 heteroatoms. The van der Waals surface area contributed by atoms with Crippen molar-refractivity contribution in [2.75, 3.05) is 0 Å². The molecule has 0 saturated carbocycles. The molecular formula is C10H18O2. The minimum Gasteiger partial charge on any atom is -0.386 e. The lowest BCUT2D eigenvalue weighted by molar-refractivity contribution is -0.122. The Balaban J connectivity index is 3.83. The molecule has 0 aliphatic rings. The van der Waals surface area contributed by atoms with Crippen LogP contribution in [0, 0.1) is 5.92 Å². The van der Waals surface area contributed by atoms with Gasteiger partial charge < -0.3 is 5.11 Å². The Kier molecular flexibility index (Phi) is 4.18. The van der Waals surface area contributed by atoms with Crippen LogP contribution in [0.5, 0.6) is 0 Å². The zero-order valence-corrected chi connectivity index (χ0v) is 8.13. The summed E-state index contributed by atoms with van der Waals surface area (Å²) in [5, 5.41) is 9.48. The molecule has 0 fully saturated rings. The van der Waals surface area contributed by atoms with Crippen molar-refractivity contribution < 1.29 is 9.90 Å². The number of carbonyl (C=O) groups is 1. The van der Waals surface area contributed by atoms with E-state index in [0.29, 0.717) is 12.8 Å². The fourth-order valence-corrected chi connectivity index (χ4v) is 0.767. The molecule has 0 rings (SSSR count). The van der Waals surface area contributed by atoms with Gasteiger partial charge in [0, 0.05) is 12.3 Å². The quantitative estimate of drug-likeness (QED) is 0.640. The standard InChI is InChI=1S/C10H18O2/c1-5-10(4,12)7-6-9(11)8(2)3/h5,8,12H,1,6-7H2,2-4H3. The molecule has 0 aromatic rings. The molecule has 0 spiro atoms. The first-order valence-electron chi connectivity index (χ1n) is 4.28. The lowest BCUT2D eigenvalue weighted by Gasteiger charge is -2.17. The molecule has 0 aliphatic carbocycles. The largest absolute Gasteiger partial charge is 0.386 e. The Bertz CT molecular complexity index is 169. The van der Waals surface area contributed by atoms with Crippen molar-refractivity contribution in [1.82, 2.24) is 0 Å². The van der Waals surface area contributed by atoms with Crippen LogP contribution in [-0.4, -0.2) is 16.5 Å². The van der Waals surface area contributed by atoms with Crippen molar-refractivity contribution in [1.29, 1.82) is 0 Å². The van der Waals surface area contributed by atoms with E-state index in [1.165, 1.54) is 6.08 Å². The van der Waals surface area contributed by atoms with Crippen molar-refractivity contribution in [2.45, 2.75) is 39.2 Å². The number of carbonyl (C=O) groups excluding carboxylic acids is 1. The molecule has 1 N–H and O–H groups in total. The van der Waals surface area contributed by atoms with Crippen LogP contribution in [0.3, 0.4) is 0 Å². The van der Waals surface area contributed by atoms with Gasteiger partial charge in [-0.1, -0.05) is 19.9 Å². The summed E-state index contributed by atoms with van der Waals surface area (Å²) in [5.74, 6) is 0.253. The summed E-state index contributed by atoms with van der Waals surface area (Å²) in [6.07, 6.45) is 2.37. The van der Waals surface area contributed by atoms with Crippen molar-refractivity contribution in [3.63, 3.8) is 0 Å². The van der Waals surface area contributed by atoms with Crippen molar-refractivity contribution in [3.8, 4) is 0 Å². The summed E-state index contributed by atoms with van der Waals surface area (Å²) >= 11 is 0. The first-order valence-corrected chi connectivity index (χ1v) is 4.28. The van der Waals surface area contributed by atoms with Gasteiger partial charge in [0.1, 0.15) is 5.78 Å². The maximum absolute atomic E-state index is 11.2. The summed E-state index contributed by atoms with van der Waals surface area (Å²) < 4.78 is 0. The van der Waals surface area contributed by atoms with Crippen molar-refractivity contribution >= 4 is 5.78 Å². The van der Waals surface area contributed by atoms with Crippen LogP contribution >= 0.6 is 0 Å². The average molecular weight is 170 g/mol. The summed E-state index contributed by atoms with van der Waals surface area (Å²) in [6.45, 7) is 8.89. The summed E-state index contributed by atoms with van der Waals surface area (Å²) in [4.78, 5) is 11.2. The van der Waals surface area contributed by atoms with Crippen LogP contribution in [0.2, 0.25) is 0 Å². The molecule has 70 valence electrons. The van der Waals surface area contributed by atoms with E-state index in [1.54, 1.807) is 6.92 Å². The summed E-state index contributed by atoms with van der Waals surface area (Å²) in [6, 6.07) is 0. The van der Waals surface area contributed by atoms with Gasteiger partial charge in [-0.3, -0.25) is 4.79 Å². The van der Waals surface area contributed by atoms with Crippen LogP contribution in [-0.2, 0) is 4.79 Å². The molecule has 0 aromatic heterocycles. The van der Waals surface area contributed by atoms with Gasteiger partial charge in [-0.15, -0.1) is 6.58 Å². The zero-order valence-electron chi connectivity index (χ0n) is 8.13. The highest BCUT2D eigenvalue weighted by molar-refractivity contribution is 5.80. The Labute approximate surface area is 74.3 Å². The molecule has 12 heavy (non-hydrogen) atoms. The third-order valence-electron chi connectivity index (χ3n) is 1.96. The highest BCUT2D eigenvalue weighted by Gasteiger charge is 2.17. The van der Waals surface area contributed by atoms with Crippen LogP contribution in [0.4, 0.5) is 0 Å². The van der Waals surface area contributed by atoms with E-state index >= 15 is 0 Å². The van der Waals surface area contributed by atoms with Crippen LogP contribution in [0.25, 0.3) is 0 Å². The second-order valence-electron chi connectivity index (χ2n) is 3.68. The molecule has 0 amide bonds. The van der Waals surface area contributed by atoms with Gasteiger partial charge in [-0.05, 0) is 13.3 Å². The maximum atomic E-state index is 11.2. The first-order chi connectivity index (χ1) is 5.39. The molecule has 0 aliphatic heterocycles. The number of ketones is 1. The number of hydrogen-bond donors (Lipinski definition) is 1. The minimum atomic E-state index is -0.898. The third kappa shape index (κ3) is 4.29. The van der Waals surface area contributed by atoms with Crippen LogP contribution < -0.4 is 0 Å². The molecule has 0 aromatic carbocycles. The second-order valence-corrected chi connectivity index (χ2v) is 3.68. The number of Topliss-reactive ketones (excluding diaryl/α,β-unsaturated/α-hetero) is 1. The van der Waals surface area contributed by atoms with E-state index < -0.39 is 5.60 Å². The van der Waals surface area contributed by atoms with Crippen LogP contribution in [0.15, 0.2) is 12.7 Å². The topological polar surface area (TPSA) is 37.3 Å². The fraction of sp³-hybridized carbons (Fsp3) is 0.700.